The average molecular weight is 367 g/mol. The Hall–Kier alpha value is -2.90. The summed E-state index contributed by atoms with van der Waals surface area (Å²) in [5, 5.41) is 3.00. The summed E-state index contributed by atoms with van der Waals surface area (Å²) in [6.07, 6.45) is 7.82. The summed E-state index contributed by atoms with van der Waals surface area (Å²) in [6.45, 7) is 5.47. The number of urea groups is 1. The van der Waals surface area contributed by atoms with E-state index < -0.39 is 0 Å². The van der Waals surface area contributed by atoms with Crippen molar-refractivity contribution in [3.05, 3.63) is 42.4 Å². The molecule has 0 radical (unpaired) electrons. The Labute approximate surface area is 159 Å². The van der Waals surface area contributed by atoms with Crippen LogP contribution >= 0.6 is 0 Å². The molecule has 0 atom stereocenters. The van der Waals surface area contributed by atoms with Crippen molar-refractivity contribution in [1.29, 1.82) is 0 Å². The molecular weight excluding hydrogens is 342 g/mol. The number of anilines is 2. The van der Waals surface area contributed by atoms with Gasteiger partial charge in [-0.1, -0.05) is 6.07 Å². The summed E-state index contributed by atoms with van der Waals surface area (Å²) in [5.41, 5.74) is 1.02. The van der Waals surface area contributed by atoms with Crippen LogP contribution in [0.15, 0.2) is 36.8 Å². The van der Waals surface area contributed by atoms with Crippen LogP contribution < -0.4 is 15.1 Å². The molecular formula is C19H25N7O. The van der Waals surface area contributed by atoms with Gasteiger partial charge in [-0.25, -0.2) is 19.7 Å². The van der Waals surface area contributed by atoms with Gasteiger partial charge in [-0.2, -0.15) is 0 Å². The summed E-state index contributed by atoms with van der Waals surface area (Å²) in [5.74, 6) is 1.75. The van der Waals surface area contributed by atoms with E-state index in [0.717, 1.165) is 43.5 Å². The summed E-state index contributed by atoms with van der Waals surface area (Å²) in [7, 11) is 0. The zero-order valence-corrected chi connectivity index (χ0v) is 15.4. The first-order valence-corrected chi connectivity index (χ1v) is 9.54. The van der Waals surface area contributed by atoms with E-state index in [2.05, 4.69) is 30.1 Å². The second-order valence-corrected chi connectivity index (χ2v) is 6.90. The molecule has 2 aliphatic rings. The molecule has 0 spiro atoms. The summed E-state index contributed by atoms with van der Waals surface area (Å²) in [6, 6.07) is 5.86. The van der Waals surface area contributed by atoms with Gasteiger partial charge in [0.2, 0.25) is 5.95 Å². The maximum atomic E-state index is 12.4. The minimum absolute atomic E-state index is 0.0350. The van der Waals surface area contributed by atoms with Crippen molar-refractivity contribution in [2.24, 2.45) is 0 Å². The fourth-order valence-electron chi connectivity index (χ4n) is 3.51. The molecule has 0 aromatic carbocycles. The molecule has 0 aliphatic carbocycles. The fraction of sp³-hybridized carbons (Fsp3) is 0.474. The Kier molecular flexibility index (Phi) is 5.32. The van der Waals surface area contributed by atoms with Crippen LogP contribution in [0.25, 0.3) is 0 Å². The van der Waals surface area contributed by atoms with E-state index >= 15 is 0 Å². The van der Waals surface area contributed by atoms with Crippen molar-refractivity contribution in [2.45, 2.75) is 19.4 Å². The third-order valence-electron chi connectivity index (χ3n) is 5.08. The number of carbonyl (C=O) groups is 1. The van der Waals surface area contributed by atoms with Gasteiger partial charge in [0.05, 0.1) is 0 Å². The fourth-order valence-corrected chi connectivity index (χ4v) is 3.51. The molecule has 2 aromatic rings. The number of pyridine rings is 1. The number of hydrogen-bond acceptors (Lipinski definition) is 6. The van der Waals surface area contributed by atoms with Crippen LogP contribution in [0.3, 0.4) is 0 Å². The van der Waals surface area contributed by atoms with Gasteiger partial charge in [-0.05, 0) is 30.5 Å². The van der Waals surface area contributed by atoms with Crippen molar-refractivity contribution in [1.82, 2.24) is 25.2 Å². The molecule has 0 bridgehead atoms. The first-order valence-electron chi connectivity index (χ1n) is 9.54. The Morgan fingerprint density at radius 1 is 0.926 bits per heavy atom. The van der Waals surface area contributed by atoms with E-state index in [0.29, 0.717) is 19.6 Å². The quantitative estimate of drug-likeness (QED) is 0.883. The van der Waals surface area contributed by atoms with Gasteiger partial charge in [-0.3, -0.25) is 0 Å². The van der Waals surface area contributed by atoms with Gasteiger partial charge in [0.1, 0.15) is 5.82 Å². The smallest absolute Gasteiger partial charge is 0.317 e. The van der Waals surface area contributed by atoms with Crippen LogP contribution in [0, 0.1) is 0 Å². The molecule has 142 valence electrons. The third-order valence-corrected chi connectivity index (χ3v) is 5.08. The largest absolute Gasteiger partial charge is 0.357 e. The van der Waals surface area contributed by atoms with Crippen LogP contribution in [-0.2, 0) is 6.54 Å². The van der Waals surface area contributed by atoms with E-state index in [4.69, 9.17) is 0 Å². The zero-order valence-electron chi connectivity index (χ0n) is 15.4. The van der Waals surface area contributed by atoms with Crippen molar-refractivity contribution in [3.8, 4) is 0 Å². The number of piperazine rings is 1. The highest BCUT2D eigenvalue weighted by molar-refractivity contribution is 5.74. The Bertz CT molecular complexity index is 738. The van der Waals surface area contributed by atoms with Crippen LogP contribution in [0.1, 0.15) is 18.4 Å². The van der Waals surface area contributed by atoms with E-state index in [1.54, 1.807) is 18.5 Å². The van der Waals surface area contributed by atoms with Gasteiger partial charge >= 0.3 is 6.03 Å². The molecule has 2 fully saturated rings. The van der Waals surface area contributed by atoms with Gasteiger partial charge < -0.3 is 20.0 Å². The number of nitrogens with one attached hydrogen (secondary N) is 1. The maximum absolute atomic E-state index is 12.4. The lowest BCUT2D eigenvalue weighted by Crippen LogP contribution is -2.52. The summed E-state index contributed by atoms with van der Waals surface area (Å²) < 4.78 is 0. The summed E-state index contributed by atoms with van der Waals surface area (Å²) in [4.78, 5) is 31.7. The van der Waals surface area contributed by atoms with E-state index in [1.807, 2.05) is 23.2 Å². The predicted molar refractivity (Wildman–Crippen MR) is 104 cm³/mol. The first-order chi connectivity index (χ1) is 13.3. The van der Waals surface area contributed by atoms with Gasteiger partial charge in [0, 0.05) is 64.4 Å². The van der Waals surface area contributed by atoms with Crippen molar-refractivity contribution in [2.75, 3.05) is 49.1 Å². The van der Waals surface area contributed by atoms with Gasteiger partial charge in [0.25, 0.3) is 0 Å². The number of rotatable bonds is 4. The van der Waals surface area contributed by atoms with Crippen LogP contribution in [0.5, 0.6) is 0 Å². The third kappa shape index (κ3) is 4.27. The molecule has 0 saturated carbocycles. The highest BCUT2D eigenvalue weighted by Crippen LogP contribution is 2.17. The molecule has 2 aromatic heterocycles. The molecule has 27 heavy (non-hydrogen) atoms. The van der Waals surface area contributed by atoms with Crippen LogP contribution in [0.4, 0.5) is 16.6 Å². The Morgan fingerprint density at radius 2 is 1.67 bits per heavy atom. The normalized spacial score (nSPS) is 17.3. The van der Waals surface area contributed by atoms with Crippen LogP contribution in [-0.4, -0.2) is 65.2 Å². The number of nitrogens with zero attached hydrogens (tertiary/aromatic N) is 6. The molecule has 1 N–H and O–H groups in total. The van der Waals surface area contributed by atoms with E-state index in [1.165, 1.54) is 12.8 Å². The first kappa shape index (κ1) is 17.5. The number of amides is 2. The van der Waals surface area contributed by atoms with Crippen molar-refractivity contribution < 1.29 is 4.79 Å². The lowest BCUT2D eigenvalue weighted by molar-refractivity contribution is 0.193. The average Bonchev–Trinajstić information content (AvgIpc) is 3.28. The molecule has 2 saturated heterocycles. The van der Waals surface area contributed by atoms with Crippen molar-refractivity contribution >= 4 is 17.8 Å². The monoisotopic (exact) mass is 367 g/mol. The number of aromatic nitrogens is 3. The van der Waals surface area contributed by atoms with Gasteiger partial charge in [0.15, 0.2) is 0 Å². The second-order valence-electron chi connectivity index (χ2n) is 6.90. The minimum atomic E-state index is -0.0350. The summed E-state index contributed by atoms with van der Waals surface area (Å²) >= 11 is 0. The molecule has 2 amide bonds. The van der Waals surface area contributed by atoms with Crippen molar-refractivity contribution in [3.63, 3.8) is 0 Å². The van der Waals surface area contributed by atoms with Crippen LogP contribution in [0.2, 0.25) is 0 Å². The highest BCUT2D eigenvalue weighted by Gasteiger charge is 2.22. The molecule has 4 heterocycles. The number of hydrogen-bond donors (Lipinski definition) is 1. The SMILES string of the molecule is O=C(NCc1ccc(N2CCCC2)nc1)N1CCN(c2ncccn2)CC1. The highest BCUT2D eigenvalue weighted by atomic mass is 16.2. The molecule has 2 aliphatic heterocycles. The predicted octanol–water partition coefficient (Wildman–Crippen LogP) is 1.50. The lowest BCUT2D eigenvalue weighted by Gasteiger charge is -2.34. The molecule has 8 nitrogen and oxygen atoms in total. The number of carbonyl (C=O) groups excluding carboxylic acids is 1. The molecule has 0 unspecified atom stereocenters. The molecule has 4 rings (SSSR count). The zero-order chi connectivity index (χ0) is 18.5. The van der Waals surface area contributed by atoms with E-state index in [9.17, 15) is 4.79 Å². The maximum Gasteiger partial charge on any atom is 0.317 e. The Balaban J connectivity index is 1.24. The Morgan fingerprint density at radius 3 is 2.33 bits per heavy atom. The second kappa shape index (κ2) is 8.20. The molecule has 8 heteroatoms. The standard InChI is InChI=1S/C19H25N7O/c27-19(26-12-10-25(11-13-26)18-20-6-3-7-21-18)23-15-16-4-5-17(22-14-16)24-8-1-2-9-24/h3-7,14H,1-2,8-13,15H2,(H,23,27). The topological polar surface area (TPSA) is 77.5 Å². The van der Waals surface area contributed by atoms with E-state index in [-0.39, 0.29) is 6.03 Å². The lowest BCUT2D eigenvalue weighted by atomic mass is 10.2. The minimum Gasteiger partial charge on any atom is -0.357 e. The van der Waals surface area contributed by atoms with Gasteiger partial charge in [-0.15, -0.1) is 0 Å².